The summed E-state index contributed by atoms with van der Waals surface area (Å²) in [6.45, 7) is 1.86. The van der Waals surface area contributed by atoms with Crippen LogP contribution in [0.1, 0.15) is 21.5 Å². The zero-order valence-corrected chi connectivity index (χ0v) is 10.1. The lowest BCUT2D eigenvalue weighted by atomic mass is 10.0. The van der Waals surface area contributed by atoms with Crippen molar-refractivity contribution in [3.63, 3.8) is 0 Å². The van der Waals surface area contributed by atoms with Crippen molar-refractivity contribution < 1.29 is 9.53 Å². The van der Waals surface area contributed by atoms with Gasteiger partial charge in [-0.2, -0.15) is 5.26 Å². The fourth-order valence-corrected chi connectivity index (χ4v) is 1.62. The number of carbonyl (C=O) groups excluding carboxylic acids is 1. The van der Waals surface area contributed by atoms with Gasteiger partial charge in [-0.1, -0.05) is 15.9 Å². The second-order valence-electron chi connectivity index (χ2n) is 3.06. The third-order valence-electron chi connectivity index (χ3n) is 2.00. The van der Waals surface area contributed by atoms with E-state index in [1.807, 2.05) is 13.0 Å². The van der Waals surface area contributed by atoms with Crippen molar-refractivity contribution >= 4 is 21.7 Å². The number of nitrogens with zero attached hydrogens (tertiary/aromatic N) is 1. The van der Waals surface area contributed by atoms with E-state index >= 15 is 0 Å². The van der Waals surface area contributed by atoms with E-state index in [4.69, 9.17) is 10.00 Å². The summed E-state index contributed by atoms with van der Waals surface area (Å²) < 4.78 is 5.06. The average Bonchev–Trinajstić information content (AvgIpc) is 2.26. The van der Waals surface area contributed by atoms with Gasteiger partial charge in [0.1, 0.15) is 17.4 Å². The highest BCUT2D eigenvalue weighted by molar-refractivity contribution is 9.09. The van der Waals surface area contributed by atoms with Crippen LogP contribution in [0.4, 0.5) is 0 Å². The van der Waals surface area contributed by atoms with Gasteiger partial charge >= 0.3 is 0 Å². The Labute approximate surface area is 96.8 Å². The van der Waals surface area contributed by atoms with Crippen LogP contribution in [0.15, 0.2) is 12.1 Å². The molecule has 1 aromatic carbocycles. The van der Waals surface area contributed by atoms with Gasteiger partial charge in [0.2, 0.25) is 0 Å². The SMILES string of the molecule is COc1cc(C)cc(C(=O)CBr)c1C#N. The average molecular weight is 268 g/mol. The van der Waals surface area contributed by atoms with E-state index < -0.39 is 0 Å². The number of hydrogen-bond donors (Lipinski definition) is 0. The minimum absolute atomic E-state index is 0.117. The molecular weight excluding hydrogens is 258 g/mol. The number of Topliss-reactive ketones (excluding diaryl/α,β-unsaturated/α-hetero) is 1. The fourth-order valence-electron chi connectivity index (χ4n) is 1.32. The smallest absolute Gasteiger partial charge is 0.174 e. The number of nitriles is 1. The first kappa shape index (κ1) is 11.7. The molecule has 0 N–H and O–H groups in total. The van der Waals surface area contributed by atoms with Gasteiger partial charge < -0.3 is 4.74 Å². The molecule has 3 nitrogen and oxygen atoms in total. The first-order valence-corrected chi connectivity index (χ1v) is 5.44. The summed E-state index contributed by atoms with van der Waals surface area (Å²) in [5.74, 6) is 0.329. The van der Waals surface area contributed by atoms with E-state index in [0.717, 1.165) is 5.56 Å². The first-order valence-electron chi connectivity index (χ1n) is 4.32. The van der Waals surface area contributed by atoms with E-state index in [2.05, 4.69) is 15.9 Å². The zero-order chi connectivity index (χ0) is 11.4. The molecule has 0 atom stereocenters. The highest BCUT2D eigenvalue weighted by atomic mass is 79.9. The Balaban J connectivity index is 3.43. The third kappa shape index (κ3) is 2.37. The Morgan fingerprint density at radius 3 is 2.73 bits per heavy atom. The molecule has 0 bridgehead atoms. The van der Waals surface area contributed by atoms with Gasteiger partial charge in [-0.05, 0) is 24.6 Å². The lowest BCUT2D eigenvalue weighted by molar-refractivity contribution is 0.102. The molecule has 15 heavy (non-hydrogen) atoms. The van der Waals surface area contributed by atoms with Gasteiger partial charge in [-0.25, -0.2) is 0 Å². The molecule has 0 spiro atoms. The maximum absolute atomic E-state index is 11.6. The van der Waals surface area contributed by atoms with Crippen molar-refractivity contribution in [3.8, 4) is 11.8 Å². The van der Waals surface area contributed by atoms with Gasteiger partial charge in [-0.15, -0.1) is 0 Å². The Hall–Kier alpha value is -1.34. The summed E-state index contributed by atoms with van der Waals surface area (Å²) in [5.41, 5.74) is 1.61. The quantitative estimate of drug-likeness (QED) is 0.625. The summed E-state index contributed by atoms with van der Waals surface area (Å²) in [5, 5.41) is 9.17. The van der Waals surface area contributed by atoms with Crippen LogP contribution in [-0.2, 0) is 0 Å². The monoisotopic (exact) mass is 267 g/mol. The standard InChI is InChI=1S/C11H10BrNO2/c1-7-3-8(10(14)5-12)9(6-13)11(4-7)15-2/h3-4H,5H2,1-2H3. The second-order valence-corrected chi connectivity index (χ2v) is 3.62. The molecular formula is C11H10BrNO2. The maximum Gasteiger partial charge on any atom is 0.174 e. The molecule has 0 heterocycles. The number of methoxy groups -OCH3 is 1. The normalized spacial score (nSPS) is 9.47. The van der Waals surface area contributed by atoms with Gasteiger partial charge in [0, 0.05) is 5.56 Å². The lowest BCUT2D eigenvalue weighted by Gasteiger charge is -2.08. The summed E-state index contributed by atoms with van der Waals surface area (Å²) in [4.78, 5) is 11.6. The van der Waals surface area contributed by atoms with Crippen LogP contribution < -0.4 is 4.74 Å². The van der Waals surface area contributed by atoms with Crippen molar-refractivity contribution in [2.45, 2.75) is 6.92 Å². The predicted molar refractivity (Wildman–Crippen MR) is 60.6 cm³/mol. The first-order chi connectivity index (χ1) is 7.13. The van der Waals surface area contributed by atoms with Gasteiger partial charge in [-0.3, -0.25) is 4.79 Å². The summed E-state index contributed by atoms with van der Waals surface area (Å²) in [6, 6.07) is 5.43. The fraction of sp³-hybridized carbons (Fsp3) is 0.273. The number of rotatable bonds is 3. The molecule has 1 rings (SSSR count). The van der Waals surface area contributed by atoms with E-state index in [1.165, 1.54) is 7.11 Å². The highest BCUT2D eigenvalue weighted by Gasteiger charge is 2.15. The van der Waals surface area contributed by atoms with Crippen LogP contribution in [0.3, 0.4) is 0 Å². The number of alkyl halides is 1. The van der Waals surface area contributed by atoms with Crippen LogP contribution in [0.5, 0.6) is 5.75 Å². The van der Waals surface area contributed by atoms with E-state index in [1.54, 1.807) is 12.1 Å². The number of aryl methyl sites for hydroxylation is 1. The Morgan fingerprint density at radius 1 is 1.60 bits per heavy atom. The van der Waals surface area contributed by atoms with Crippen LogP contribution >= 0.6 is 15.9 Å². The number of halogens is 1. The lowest BCUT2D eigenvalue weighted by Crippen LogP contribution is -2.05. The molecule has 0 unspecified atom stereocenters. The molecule has 0 amide bonds. The molecule has 1 aromatic rings. The Morgan fingerprint density at radius 2 is 2.27 bits per heavy atom. The molecule has 0 aliphatic rings. The minimum atomic E-state index is -0.117. The molecule has 4 heteroatoms. The molecule has 0 aliphatic carbocycles. The van der Waals surface area contributed by atoms with Crippen molar-refractivity contribution in [2.24, 2.45) is 0 Å². The largest absolute Gasteiger partial charge is 0.495 e. The topological polar surface area (TPSA) is 50.1 Å². The number of hydrogen-bond acceptors (Lipinski definition) is 3. The third-order valence-corrected chi connectivity index (χ3v) is 2.51. The van der Waals surface area contributed by atoms with Gasteiger partial charge in [0.25, 0.3) is 0 Å². The molecule has 0 saturated heterocycles. The molecule has 0 aliphatic heterocycles. The van der Waals surface area contributed by atoms with Crippen LogP contribution in [0, 0.1) is 18.3 Å². The van der Waals surface area contributed by atoms with Crippen molar-refractivity contribution in [1.29, 1.82) is 5.26 Å². The number of benzene rings is 1. The number of ether oxygens (including phenoxy) is 1. The van der Waals surface area contributed by atoms with Crippen LogP contribution in [-0.4, -0.2) is 18.2 Å². The Bertz CT molecular complexity index is 435. The molecule has 0 fully saturated rings. The molecule has 0 radical (unpaired) electrons. The molecule has 0 saturated carbocycles. The van der Waals surface area contributed by atoms with Crippen molar-refractivity contribution in [3.05, 3.63) is 28.8 Å². The van der Waals surface area contributed by atoms with Gasteiger partial charge in [0.05, 0.1) is 12.4 Å². The van der Waals surface area contributed by atoms with Crippen molar-refractivity contribution in [2.75, 3.05) is 12.4 Å². The minimum Gasteiger partial charge on any atom is -0.495 e. The molecule has 78 valence electrons. The maximum atomic E-state index is 11.6. The van der Waals surface area contributed by atoms with E-state index in [-0.39, 0.29) is 11.1 Å². The predicted octanol–water partition coefficient (Wildman–Crippen LogP) is 2.45. The number of carbonyl (C=O) groups is 1. The second kappa shape index (κ2) is 4.94. The summed E-state index contributed by atoms with van der Waals surface area (Å²) >= 11 is 3.09. The van der Waals surface area contributed by atoms with E-state index in [9.17, 15) is 4.79 Å². The summed E-state index contributed by atoms with van der Waals surface area (Å²) in [6.07, 6.45) is 0. The summed E-state index contributed by atoms with van der Waals surface area (Å²) in [7, 11) is 1.48. The van der Waals surface area contributed by atoms with E-state index in [0.29, 0.717) is 16.9 Å². The number of ketones is 1. The Kier molecular flexibility index (Phi) is 3.87. The van der Waals surface area contributed by atoms with Crippen LogP contribution in [0.25, 0.3) is 0 Å². The zero-order valence-electron chi connectivity index (χ0n) is 8.50. The van der Waals surface area contributed by atoms with Gasteiger partial charge in [0.15, 0.2) is 5.78 Å². The highest BCUT2D eigenvalue weighted by Crippen LogP contribution is 2.24. The van der Waals surface area contributed by atoms with Crippen LogP contribution in [0.2, 0.25) is 0 Å². The van der Waals surface area contributed by atoms with Crippen molar-refractivity contribution in [1.82, 2.24) is 0 Å². The molecule has 0 aromatic heterocycles.